The van der Waals surface area contributed by atoms with Crippen molar-refractivity contribution < 1.29 is 27.1 Å². The summed E-state index contributed by atoms with van der Waals surface area (Å²) in [5, 5.41) is 11.3. The van der Waals surface area contributed by atoms with E-state index >= 15 is 0 Å². The first kappa shape index (κ1) is 25.7. The van der Waals surface area contributed by atoms with E-state index in [2.05, 4.69) is 14.7 Å². The molecule has 1 aromatic heterocycles. The van der Waals surface area contributed by atoms with Gasteiger partial charge in [0, 0.05) is 11.5 Å². The van der Waals surface area contributed by atoms with E-state index < -0.39 is 27.5 Å². The molecule has 180 valence electrons. The number of benzene rings is 2. The molecule has 0 unspecified atom stereocenters. The number of nitrogens with zero attached hydrogens (tertiary/aromatic N) is 3. The molecule has 3 rings (SSSR count). The van der Waals surface area contributed by atoms with Crippen molar-refractivity contribution in [1.29, 1.82) is 5.26 Å². The maximum Gasteiger partial charge on any atom is 0.343 e. The van der Waals surface area contributed by atoms with Crippen molar-refractivity contribution >= 4 is 44.5 Å². The number of anilines is 1. The molecule has 0 atom stereocenters. The Hall–Kier alpha value is -3.95. The number of halogens is 1. The van der Waals surface area contributed by atoms with Gasteiger partial charge < -0.3 is 4.74 Å². The van der Waals surface area contributed by atoms with Crippen LogP contribution in [0, 0.1) is 23.1 Å². The van der Waals surface area contributed by atoms with E-state index in [1.54, 1.807) is 19.9 Å². The summed E-state index contributed by atoms with van der Waals surface area (Å²) in [5.41, 5.74) is 0.384. The van der Waals surface area contributed by atoms with Crippen molar-refractivity contribution in [1.82, 2.24) is 9.36 Å². The third-order valence-corrected chi connectivity index (χ3v) is 6.90. The minimum absolute atomic E-state index is 0.0541. The Balaban J connectivity index is 1.67. The molecule has 0 radical (unpaired) electrons. The third kappa shape index (κ3) is 7.02. The number of hydrogen-bond acceptors (Lipinski definition) is 9. The minimum Gasteiger partial charge on any atom is -0.423 e. The van der Waals surface area contributed by atoms with Gasteiger partial charge >= 0.3 is 5.97 Å². The van der Waals surface area contributed by atoms with Gasteiger partial charge in [-0.25, -0.2) is 17.6 Å². The van der Waals surface area contributed by atoms with E-state index in [1.165, 1.54) is 42.5 Å². The van der Waals surface area contributed by atoms with Gasteiger partial charge in [-0.1, -0.05) is 26.0 Å². The van der Waals surface area contributed by atoms with Gasteiger partial charge in [0.1, 0.15) is 23.2 Å². The number of carbonyl (C=O) groups excluding carboxylic acids is 2. The molecule has 2 aromatic carbocycles. The summed E-state index contributed by atoms with van der Waals surface area (Å²) in [5.74, 6) is -1.97. The molecule has 1 heterocycles. The summed E-state index contributed by atoms with van der Waals surface area (Å²) in [6, 6.07) is 12.7. The van der Waals surface area contributed by atoms with Crippen LogP contribution < -0.4 is 10.1 Å². The summed E-state index contributed by atoms with van der Waals surface area (Å²) in [6.07, 6.45) is 1.30. The summed E-state index contributed by atoms with van der Waals surface area (Å²) >= 11 is 0.694. The van der Waals surface area contributed by atoms with E-state index in [1.807, 2.05) is 0 Å². The lowest BCUT2D eigenvalue weighted by Gasteiger charge is -2.05. The van der Waals surface area contributed by atoms with E-state index in [0.717, 1.165) is 12.1 Å². The van der Waals surface area contributed by atoms with Crippen molar-refractivity contribution in [3.63, 3.8) is 0 Å². The molecule has 0 bridgehead atoms. The monoisotopic (exact) mass is 514 g/mol. The minimum atomic E-state index is -3.68. The topological polar surface area (TPSA) is 139 Å². The van der Waals surface area contributed by atoms with Crippen molar-refractivity contribution in [3.8, 4) is 11.8 Å². The van der Waals surface area contributed by atoms with Crippen molar-refractivity contribution in [3.05, 3.63) is 71.0 Å². The Morgan fingerprint density at radius 1 is 1.17 bits per heavy atom. The molecule has 0 fully saturated rings. The summed E-state index contributed by atoms with van der Waals surface area (Å²) in [7, 11) is -3.68. The van der Waals surface area contributed by atoms with Crippen molar-refractivity contribution in [2.45, 2.75) is 19.0 Å². The fourth-order valence-corrected chi connectivity index (χ4v) is 5.12. The second-order valence-electron chi connectivity index (χ2n) is 7.65. The highest BCUT2D eigenvalue weighted by molar-refractivity contribution is 7.91. The second-order valence-corrected chi connectivity index (χ2v) is 10.3. The molecule has 1 amide bonds. The van der Waals surface area contributed by atoms with Crippen LogP contribution in [-0.4, -0.2) is 35.4 Å². The SMILES string of the molecule is CC(C)CS(=O)(=O)c1nsc(NC(=O)C(C#N)=Cc2ccc(OC(=O)c3ccc(F)cc3)cc2)n1. The number of nitriles is 1. The van der Waals surface area contributed by atoms with Crippen LogP contribution in [0.2, 0.25) is 0 Å². The normalized spacial score (nSPS) is 11.7. The van der Waals surface area contributed by atoms with Crippen LogP contribution in [0.5, 0.6) is 5.75 Å². The van der Waals surface area contributed by atoms with Crippen LogP contribution in [0.25, 0.3) is 6.08 Å². The van der Waals surface area contributed by atoms with Crippen LogP contribution in [-0.2, 0) is 14.6 Å². The number of sulfone groups is 1. The molecular formula is C23H19FN4O5S2. The first-order valence-corrected chi connectivity index (χ1v) is 12.6. The Morgan fingerprint density at radius 2 is 1.83 bits per heavy atom. The molecule has 0 aliphatic rings. The van der Waals surface area contributed by atoms with Gasteiger partial charge in [-0.2, -0.15) is 14.6 Å². The first-order chi connectivity index (χ1) is 16.6. The van der Waals surface area contributed by atoms with Gasteiger partial charge in [0.25, 0.3) is 11.1 Å². The van der Waals surface area contributed by atoms with Crippen LogP contribution in [0.15, 0.2) is 59.3 Å². The van der Waals surface area contributed by atoms with Crippen LogP contribution >= 0.6 is 11.5 Å². The van der Waals surface area contributed by atoms with Crippen molar-refractivity contribution in [2.75, 3.05) is 11.1 Å². The lowest BCUT2D eigenvalue weighted by atomic mass is 10.1. The summed E-state index contributed by atoms with van der Waals surface area (Å²) in [4.78, 5) is 28.4. The Labute approximate surface area is 205 Å². The summed E-state index contributed by atoms with van der Waals surface area (Å²) < 4.78 is 46.4. The molecule has 35 heavy (non-hydrogen) atoms. The number of nitrogens with one attached hydrogen (secondary N) is 1. The Bertz CT molecular complexity index is 1410. The maximum atomic E-state index is 13.0. The number of aromatic nitrogens is 2. The molecule has 12 heteroatoms. The highest BCUT2D eigenvalue weighted by Gasteiger charge is 2.23. The zero-order valence-electron chi connectivity index (χ0n) is 18.6. The molecule has 9 nitrogen and oxygen atoms in total. The zero-order chi connectivity index (χ0) is 25.6. The predicted octanol–water partition coefficient (Wildman–Crippen LogP) is 3.87. The quantitative estimate of drug-likeness (QED) is 0.207. The van der Waals surface area contributed by atoms with Crippen LogP contribution in [0.4, 0.5) is 9.52 Å². The van der Waals surface area contributed by atoms with E-state index in [9.17, 15) is 27.7 Å². The molecular weight excluding hydrogens is 495 g/mol. The highest BCUT2D eigenvalue weighted by atomic mass is 32.2. The number of esters is 1. The maximum absolute atomic E-state index is 13.0. The Morgan fingerprint density at radius 3 is 2.43 bits per heavy atom. The lowest BCUT2D eigenvalue weighted by molar-refractivity contribution is -0.112. The molecule has 0 saturated heterocycles. The zero-order valence-corrected chi connectivity index (χ0v) is 20.2. The fraction of sp³-hybridized carbons (Fsp3) is 0.174. The average Bonchev–Trinajstić information content (AvgIpc) is 3.27. The largest absolute Gasteiger partial charge is 0.423 e. The molecule has 0 saturated carbocycles. The molecule has 0 spiro atoms. The van der Waals surface area contributed by atoms with Crippen LogP contribution in [0.1, 0.15) is 29.8 Å². The fourth-order valence-electron chi connectivity index (χ4n) is 2.76. The van der Waals surface area contributed by atoms with Gasteiger partial charge in [-0.05, 0) is 54.0 Å². The standard InChI is InChI=1S/C23H19FN4O5S2/c1-14(2)13-35(31,32)23-27-22(34-28-23)26-20(29)17(12-25)11-15-3-9-19(10-4-15)33-21(30)16-5-7-18(24)8-6-16/h3-11,14H,13H2,1-2H3,(H,26,27,28,29). The smallest absolute Gasteiger partial charge is 0.343 e. The van der Waals surface area contributed by atoms with Crippen molar-refractivity contribution in [2.24, 2.45) is 5.92 Å². The van der Waals surface area contributed by atoms with E-state index in [-0.39, 0.29) is 38.8 Å². The summed E-state index contributed by atoms with van der Waals surface area (Å²) in [6.45, 7) is 3.50. The van der Waals surface area contributed by atoms with Gasteiger partial charge in [-0.3, -0.25) is 10.1 Å². The number of hydrogen-bond donors (Lipinski definition) is 1. The molecule has 3 aromatic rings. The number of ether oxygens (including phenoxy) is 1. The van der Waals surface area contributed by atoms with Gasteiger partial charge in [0.05, 0.1) is 11.3 Å². The number of carbonyl (C=O) groups is 2. The first-order valence-electron chi connectivity index (χ1n) is 10.1. The number of amides is 1. The number of rotatable bonds is 8. The van der Waals surface area contributed by atoms with Gasteiger partial charge in [0.15, 0.2) is 0 Å². The van der Waals surface area contributed by atoms with Crippen LogP contribution in [0.3, 0.4) is 0 Å². The Kier molecular flexibility index (Phi) is 8.06. The average molecular weight is 515 g/mol. The highest BCUT2D eigenvalue weighted by Crippen LogP contribution is 2.20. The van der Waals surface area contributed by atoms with Gasteiger partial charge in [-0.15, -0.1) is 0 Å². The van der Waals surface area contributed by atoms with E-state index in [0.29, 0.717) is 17.1 Å². The molecule has 1 N–H and O–H groups in total. The van der Waals surface area contributed by atoms with E-state index in [4.69, 9.17) is 4.74 Å². The molecule has 0 aliphatic carbocycles. The molecule has 0 aliphatic heterocycles. The van der Waals surface area contributed by atoms with Gasteiger partial charge in [0.2, 0.25) is 15.0 Å². The third-order valence-electron chi connectivity index (χ3n) is 4.31. The predicted molar refractivity (Wildman–Crippen MR) is 127 cm³/mol. The second kappa shape index (κ2) is 11.0. The lowest BCUT2D eigenvalue weighted by Crippen LogP contribution is -2.15.